The zero-order chi connectivity index (χ0) is 14.3. The second-order valence-corrected chi connectivity index (χ2v) is 6.71. The molecule has 1 amide bonds. The van der Waals surface area contributed by atoms with Gasteiger partial charge in [0.25, 0.3) is 0 Å². The molecule has 2 heterocycles. The number of amides is 1. The van der Waals surface area contributed by atoms with Crippen molar-refractivity contribution in [3.8, 4) is 0 Å². The Kier molecular flexibility index (Phi) is 3.52. The highest BCUT2D eigenvalue weighted by Crippen LogP contribution is 2.44. The van der Waals surface area contributed by atoms with Gasteiger partial charge >= 0.3 is 0 Å². The molecule has 2 saturated heterocycles. The van der Waals surface area contributed by atoms with Crippen LogP contribution in [0.25, 0.3) is 0 Å². The van der Waals surface area contributed by atoms with E-state index >= 15 is 0 Å². The Morgan fingerprint density at radius 3 is 2.20 bits per heavy atom. The van der Waals surface area contributed by atoms with Crippen molar-refractivity contribution in [1.82, 2.24) is 5.32 Å². The van der Waals surface area contributed by atoms with Crippen LogP contribution in [0.1, 0.15) is 32.6 Å². The molecule has 0 bridgehead atoms. The molecule has 3 aliphatic rings. The Bertz CT molecular complexity index is 379. The second kappa shape index (κ2) is 4.94. The fraction of sp³-hybridized carbons (Fsp3) is 0.929. The minimum atomic E-state index is -0.654. The summed E-state index contributed by atoms with van der Waals surface area (Å²) < 4.78 is 16.7. The summed E-state index contributed by atoms with van der Waals surface area (Å²) in [7, 11) is 0. The van der Waals surface area contributed by atoms with Crippen LogP contribution in [0.5, 0.6) is 0 Å². The number of primary amides is 1. The van der Waals surface area contributed by atoms with E-state index in [1.807, 2.05) is 0 Å². The largest absolute Gasteiger partial charge is 0.376 e. The van der Waals surface area contributed by atoms with Crippen LogP contribution in [0.3, 0.4) is 0 Å². The number of nitrogens with two attached hydrogens (primary N) is 1. The lowest BCUT2D eigenvalue weighted by molar-refractivity contribution is -0.191. The molecule has 2 aliphatic heterocycles. The summed E-state index contributed by atoms with van der Waals surface area (Å²) >= 11 is 0. The molecule has 3 rings (SSSR count). The predicted octanol–water partition coefficient (Wildman–Crippen LogP) is 0.154. The molecule has 0 aromatic carbocycles. The molecule has 1 spiro atoms. The summed E-state index contributed by atoms with van der Waals surface area (Å²) in [5.41, 5.74) is 4.96. The predicted molar refractivity (Wildman–Crippen MR) is 72.0 cm³/mol. The number of carbonyl (C=O) groups excluding carboxylic acids is 1. The lowest BCUT2D eigenvalue weighted by Crippen LogP contribution is -2.69. The highest BCUT2D eigenvalue weighted by molar-refractivity contribution is 5.86. The molecule has 6 heteroatoms. The van der Waals surface area contributed by atoms with Gasteiger partial charge in [0.05, 0.1) is 26.4 Å². The van der Waals surface area contributed by atoms with Gasteiger partial charge in [-0.1, -0.05) is 6.92 Å². The van der Waals surface area contributed by atoms with Gasteiger partial charge in [-0.25, -0.2) is 0 Å². The number of rotatable bonds is 4. The quantitative estimate of drug-likeness (QED) is 0.768. The molecule has 1 saturated carbocycles. The lowest BCUT2D eigenvalue weighted by atomic mass is 9.73. The third kappa shape index (κ3) is 2.45. The van der Waals surface area contributed by atoms with Gasteiger partial charge in [0.1, 0.15) is 5.54 Å². The first-order chi connectivity index (χ1) is 9.48. The van der Waals surface area contributed by atoms with Gasteiger partial charge in [-0.3, -0.25) is 10.1 Å². The van der Waals surface area contributed by atoms with E-state index in [1.54, 1.807) is 0 Å². The Hall–Kier alpha value is -0.690. The van der Waals surface area contributed by atoms with Gasteiger partial charge in [0, 0.05) is 19.4 Å². The molecule has 0 aromatic rings. The fourth-order valence-electron chi connectivity index (χ4n) is 3.22. The van der Waals surface area contributed by atoms with Gasteiger partial charge in [-0.2, -0.15) is 0 Å². The van der Waals surface area contributed by atoms with E-state index in [0.717, 1.165) is 32.2 Å². The first kappa shape index (κ1) is 14.3. The highest BCUT2D eigenvalue weighted by Gasteiger charge is 2.48. The average molecular weight is 284 g/mol. The summed E-state index contributed by atoms with van der Waals surface area (Å²) in [5, 5.41) is 3.34. The summed E-state index contributed by atoms with van der Waals surface area (Å²) in [6.07, 6.45) is 3.89. The summed E-state index contributed by atoms with van der Waals surface area (Å²) in [5.74, 6) is -0.650. The molecular formula is C14H24N2O4. The number of nitrogens with one attached hydrogen (secondary N) is 1. The van der Waals surface area contributed by atoms with Crippen LogP contribution in [0, 0.1) is 5.41 Å². The van der Waals surface area contributed by atoms with Crippen LogP contribution < -0.4 is 11.1 Å². The van der Waals surface area contributed by atoms with E-state index < -0.39 is 5.54 Å². The molecule has 6 nitrogen and oxygen atoms in total. The first-order valence-electron chi connectivity index (χ1n) is 7.38. The first-order valence-corrected chi connectivity index (χ1v) is 7.38. The van der Waals surface area contributed by atoms with Gasteiger partial charge < -0.3 is 19.9 Å². The van der Waals surface area contributed by atoms with Crippen LogP contribution in [-0.4, -0.2) is 50.2 Å². The van der Waals surface area contributed by atoms with Crippen LogP contribution >= 0.6 is 0 Å². The summed E-state index contributed by atoms with van der Waals surface area (Å²) in [4.78, 5) is 11.5. The van der Waals surface area contributed by atoms with Crippen molar-refractivity contribution >= 4 is 5.91 Å². The number of hydrogen-bond acceptors (Lipinski definition) is 5. The average Bonchev–Trinajstić information content (AvgIpc) is 2.81. The summed E-state index contributed by atoms with van der Waals surface area (Å²) in [6.45, 7) is 5.20. The fourth-order valence-corrected chi connectivity index (χ4v) is 3.22. The molecular weight excluding hydrogens is 260 g/mol. The van der Waals surface area contributed by atoms with Crippen LogP contribution in [0.15, 0.2) is 0 Å². The molecule has 1 aliphatic carbocycles. The Labute approximate surface area is 119 Å². The van der Waals surface area contributed by atoms with Crippen LogP contribution in [-0.2, 0) is 19.0 Å². The maximum Gasteiger partial charge on any atom is 0.242 e. The van der Waals surface area contributed by atoms with E-state index in [9.17, 15) is 4.79 Å². The summed E-state index contributed by atoms with van der Waals surface area (Å²) in [6, 6.07) is 0. The third-order valence-corrected chi connectivity index (χ3v) is 5.05. The molecule has 0 radical (unpaired) electrons. The molecule has 0 atom stereocenters. The molecule has 0 unspecified atom stereocenters. The zero-order valence-electron chi connectivity index (χ0n) is 12.1. The van der Waals surface area contributed by atoms with Crippen LogP contribution in [0.2, 0.25) is 0 Å². The van der Waals surface area contributed by atoms with Crippen molar-refractivity contribution in [2.45, 2.75) is 43.9 Å². The van der Waals surface area contributed by atoms with Crippen molar-refractivity contribution in [2.75, 3.05) is 33.0 Å². The Morgan fingerprint density at radius 2 is 1.75 bits per heavy atom. The maximum atomic E-state index is 11.5. The van der Waals surface area contributed by atoms with Crippen LogP contribution in [0.4, 0.5) is 0 Å². The standard InChI is InChI=1S/C14H24N2O4/c1-12(8-16-13(11(15)17)9-18-10-13)2-4-14(5-3-12)19-6-7-20-14/h16H,2-10H2,1H3,(H2,15,17). The van der Waals surface area contributed by atoms with Crippen molar-refractivity contribution in [1.29, 1.82) is 0 Å². The van der Waals surface area contributed by atoms with E-state index in [0.29, 0.717) is 26.4 Å². The molecule has 3 fully saturated rings. The minimum Gasteiger partial charge on any atom is -0.376 e. The number of carbonyl (C=O) groups is 1. The topological polar surface area (TPSA) is 82.8 Å². The van der Waals surface area contributed by atoms with Gasteiger partial charge in [0.15, 0.2) is 5.79 Å². The minimum absolute atomic E-state index is 0.151. The van der Waals surface area contributed by atoms with Crippen molar-refractivity contribution in [3.63, 3.8) is 0 Å². The highest BCUT2D eigenvalue weighted by atomic mass is 16.7. The van der Waals surface area contributed by atoms with Crippen molar-refractivity contribution in [3.05, 3.63) is 0 Å². The second-order valence-electron chi connectivity index (χ2n) is 6.71. The van der Waals surface area contributed by atoms with Gasteiger partial charge in [0.2, 0.25) is 5.91 Å². The third-order valence-electron chi connectivity index (χ3n) is 5.05. The van der Waals surface area contributed by atoms with E-state index in [4.69, 9.17) is 19.9 Å². The smallest absolute Gasteiger partial charge is 0.242 e. The lowest BCUT2D eigenvalue weighted by Gasteiger charge is -2.45. The molecule has 3 N–H and O–H groups in total. The Morgan fingerprint density at radius 1 is 1.15 bits per heavy atom. The van der Waals surface area contributed by atoms with E-state index in [1.165, 1.54) is 0 Å². The SMILES string of the molecule is CC1(CNC2(C(N)=O)COC2)CCC2(CC1)OCCO2. The van der Waals surface area contributed by atoms with Gasteiger partial charge in [-0.15, -0.1) is 0 Å². The molecule has 0 aromatic heterocycles. The monoisotopic (exact) mass is 284 g/mol. The molecule has 20 heavy (non-hydrogen) atoms. The van der Waals surface area contributed by atoms with Crippen molar-refractivity contribution < 1.29 is 19.0 Å². The van der Waals surface area contributed by atoms with E-state index in [2.05, 4.69) is 12.2 Å². The zero-order valence-corrected chi connectivity index (χ0v) is 12.1. The Balaban J connectivity index is 1.54. The number of hydrogen-bond donors (Lipinski definition) is 2. The number of ether oxygens (including phenoxy) is 3. The van der Waals surface area contributed by atoms with Crippen molar-refractivity contribution in [2.24, 2.45) is 11.1 Å². The molecule has 114 valence electrons. The van der Waals surface area contributed by atoms with Gasteiger partial charge in [-0.05, 0) is 18.3 Å². The van der Waals surface area contributed by atoms with E-state index in [-0.39, 0.29) is 17.1 Å². The normalized spacial score (nSPS) is 30.1. The maximum absolute atomic E-state index is 11.5.